The highest BCUT2D eigenvalue weighted by Gasteiger charge is 2.29. The van der Waals surface area contributed by atoms with Gasteiger partial charge in [0.25, 0.3) is 0 Å². The van der Waals surface area contributed by atoms with Crippen LogP contribution in [0.5, 0.6) is 0 Å². The zero-order valence-corrected chi connectivity index (χ0v) is 24.1. The van der Waals surface area contributed by atoms with Gasteiger partial charge >= 0.3 is 16.3 Å². The number of rotatable bonds is 8. The summed E-state index contributed by atoms with van der Waals surface area (Å²) in [5, 5.41) is 9.76. The predicted octanol–water partition coefficient (Wildman–Crippen LogP) is 3.24. The molecule has 0 unspecified atom stereocenters. The number of hydrogen-bond donors (Lipinski definition) is 4. The molecule has 1 fully saturated rings. The Hall–Kier alpha value is -3.23. The zero-order valence-electron chi connectivity index (χ0n) is 22.4. The smallest absolute Gasteiger partial charge is 0.406 e. The van der Waals surface area contributed by atoms with Crippen molar-refractivity contribution >= 4 is 45.0 Å². The van der Waals surface area contributed by atoms with Gasteiger partial charge in [-0.05, 0) is 31.1 Å². The highest BCUT2D eigenvalue weighted by molar-refractivity contribution is 7.90. The first-order chi connectivity index (χ1) is 18.5. The van der Waals surface area contributed by atoms with Crippen LogP contribution in [0.3, 0.4) is 0 Å². The second kappa shape index (κ2) is 11.9. The minimum atomic E-state index is -3.86. The monoisotopic (exact) mass is 579 g/mol. The van der Waals surface area contributed by atoms with Gasteiger partial charge in [-0.2, -0.15) is 12.7 Å². The summed E-state index contributed by atoms with van der Waals surface area (Å²) in [5.74, 6) is -0.187. The number of nitrogens with one attached hydrogen (secondary N) is 4. The Kier molecular flexibility index (Phi) is 8.76. The van der Waals surface area contributed by atoms with Crippen LogP contribution < -0.4 is 20.7 Å². The number of nitrogens with zero attached hydrogens (tertiary/aromatic N) is 3. The number of alkyl carbamates (subject to hydrolysis) is 1. The highest BCUT2D eigenvalue weighted by Crippen LogP contribution is 2.40. The Bertz CT molecular complexity index is 1380. The van der Waals surface area contributed by atoms with Crippen molar-refractivity contribution in [2.45, 2.75) is 39.0 Å². The first-order valence-corrected chi connectivity index (χ1v) is 14.9. The van der Waals surface area contributed by atoms with E-state index < -0.39 is 22.1 Å². The van der Waals surface area contributed by atoms with Crippen LogP contribution in [0.15, 0.2) is 29.3 Å². The van der Waals surface area contributed by atoms with E-state index in [0.717, 1.165) is 17.8 Å². The summed E-state index contributed by atoms with van der Waals surface area (Å²) in [6.07, 6.45) is 2.93. The topological polar surface area (TPSA) is 137 Å². The minimum absolute atomic E-state index is 0.122. The van der Waals surface area contributed by atoms with Gasteiger partial charge < -0.3 is 20.7 Å². The molecule has 2 aromatic rings. The predicted molar refractivity (Wildman–Crippen MR) is 151 cm³/mol. The summed E-state index contributed by atoms with van der Waals surface area (Å²) in [4.78, 5) is 21.2. The number of guanidine groups is 1. The van der Waals surface area contributed by atoms with Gasteiger partial charge in [-0.1, -0.05) is 26.8 Å². The molecule has 1 amide bonds. The Morgan fingerprint density at radius 3 is 2.67 bits per heavy atom. The van der Waals surface area contributed by atoms with E-state index in [9.17, 15) is 13.2 Å². The second-order valence-electron chi connectivity index (χ2n) is 10.1. The van der Waals surface area contributed by atoms with Crippen molar-refractivity contribution in [3.05, 3.63) is 40.0 Å². The fraction of sp³-hybridized carbons (Fsp3) is 0.480. The average molecular weight is 580 g/mol. The standard InChI is InChI=1S/C25H34FN7O4S2/c1-25(2,3)22-31-20(16-8-7-9-17(19(16)26)32-39(35,36)33-14-5-6-15-33)21(38-22)18-10-11-27-23(30-18)28-12-13-29-24(34)37-4/h7-10,32H,5-6,11-15H2,1-4H3,(H,29,34)(H2,27,28,30). The lowest BCUT2D eigenvalue weighted by Gasteiger charge is -2.19. The van der Waals surface area contributed by atoms with Crippen molar-refractivity contribution in [1.29, 1.82) is 0 Å². The summed E-state index contributed by atoms with van der Waals surface area (Å²) >= 11 is 1.44. The van der Waals surface area contributed by atoms with E-state index >= 15 is 4.39 Å². The molecule has 0 radical (unpaired) electrons. The van der Waals surface area contributed by atoms with Crippen molar-refractivity contribution < 1.29 is 22.3 Å². The van der Waals surface area contributed by atoms with E-state index in [-0.39, 0.29) is 16.7 Å². The molecule has 1 saturated heterocycles. The molecule has 2 aliphatic heterocycles. The van der Waals surface area contributed by atoms with E-state index in [1.807, 2.05) is 26.8 Å². The van der Waals surface area contributed by atoms with Gasteiger partial charge in [-0.3, -0.25) is 4.72 Å². The van der Waals surface area contributed by atoms with Crippen LogP contribution in [0.2, 0.25) is 0 Å². The number of halogens is 1. The number of aliphatic imine (C=N–C) groups is 1. The molecule has 39 heavy (non-hydrogen) atoms. The average Bonchev–Trinajstić information content (AvgIpc) is 3.59. The molecule has 4 rings (SSSR count). The largest absolute Gasteiger partial charge is 0.453 e. The van der Waals surface area contributed by atoms with Crippen LogP contribution in [-0.2, 0) is 20.4 Å². The summed E-state index contributed by atoms with van der Waals surface area (Å²) in [6, 6.07) is 4.63. The fourth-order valence-electron chi connectivity index (χ4n) is 4.05. The highest BCUT2D eigenvalue weighted by atomic mass is 32.2. The van der Waals surface area contributed by atoms with Crippen molar-refractivity contribution in [2.75, 3.05) is 44.6 Å². The van der Waals surface area contributed by atoms with Gasteiger partial charge in [0.1, 0.15) is 0 Å². The summed E-state index contributed by atoms with van der Waals surface area (Å²) in [6.45, 7) is 8.04. The van der Waals surface area contributed by atoms with Crippen molar-refractivity contribution in [1.82, 2.24) is 25.2 Å². The summed E-state index contributed by atoms with van der Waals surface area (Å²) in [5.41, 5.74) is 0.895. The van der Waals surface area contributed by atoms with Crippen LogP contribution in [0, 0.1) is 5.82 Å². The van der Waals surface area contributed by atoms with E-state index in [1.165, 1.54) is 28.8 Å². The van der Waals surface area contributed by atoms with Gasteiger partial charge in [0.05, 0.1) is 40.6 Å². The van der Waals surface area contributed by atoms with Gasteiger partial charge in [-0.25, -0.2) is 19.2 Å². The number of methoxy groups -OCH3 is 1. The van der Waals surface area contributed by atoms with E-state index in [4.69, 9.17) is 4.98 Å². The first kappa shape index (κ1) is 28.8. The third-order valence-corrected chi connectivity index (χ3v) is 9.12. The number of aromatic nitrogens is 1. The maximum atomic E-state index is 15.9. The molecular formula is C25H34FN7O4S2. The lowest BCUT2D eigenvalue weighted by atomic mass is 9.98. The molecule has 1 aromatic heterocycles. The summed E-state index contributed by atoms with van der Waals surface area (Å²) < 4.78 is 49.9. The third kappa shape index (κ3) is 6.86. The molecule has 2 aliphatic rings. The SMILES string of the molecule is COC(=O)NCCNC1=NCC=C(c2sc(C(C)(C)C)nc2-c2cccc(NS(=O)(=O)N3CCCC3)c2F)N1. The number of carbonyl (C=O) groups is 1. The Labute approximate surface area is 232 Å². The molecule has 212 valence electrons. The van der Waals surface area contributed by atoms with Crippen molar-refractivity contribution in [2.24, 2.45) is 4.99 Å². The quantitative estimate of drug-likeness (QED) is 0.353. The molecule has 4 N–H and O–H groups in total. The first-order valence-electron chi connectivity index (χ1n) is 12.7. The van der Waals surface area contributed by atoms with Gasteiger partial charge in [0.15, 0.2) is 11.8 Å². The molecule has 0 bridgehead atoms. The summed E-state index contributed by atoms with van der Waals surface area (Å²) in [7, 11) is -2.57. The minimum Gasteiger partial charge on any atom is -0.453 e. The van der Waals surface area contributed by atoms with Crippen LogP contribution in [-0.4, -0.2) is 69.6 Å². The molecule has 14 heteroatoms. The normalized spacial score (nSPS) is 16.2. The lowest BCUT2D eigenvalue weighted by Crippen LogP contribution is -2.42. The molecule has 0 atom stereocenters. The number of thiazole rings is 1. The molecule has 11 nitrogen and oxygen atoms in total. The van der Waals surface area contributed by atoms with E-state index in [2.05, 4.69) is 30.4 Å². The van der Waals surface area contributed by atoms with Gasteiger partial charge in [-0.15, -0.1) is 11.3 Å². The van der Waals surface area contributed by atoms with Gasteiger partial charge in [0.2, 0.25) is 0 Å². The van der Waals surface area contributed by atoms with Crippen molar-refractivity contribution in [3.8, 4) is 11.3 Å². The number of ether oxygens (including phenoxy) is 1. The number of benzene rings is 1. The van der Waals surface area contributed by atoms with Crippen molar-refractivity contribution in [3.63, 3.8) is 0 Å². The van der Waals surface area contributed by atoms with Crippen LogP contribution >= 0.6 is 11.3 Å². The number of hydrogen-bond acceptors (Lipinski definition) is 9. The van der Waals surface area contributed by atoms with Crippen LogP contribution in [0.25, 0.3) is 17.0 Å². The number of anilines is 1. The Morgan fingerprint density at radius 1 is 1.23 bits per heavy atom. The lowest BCUT2D eigenvalue weighted by molar-refractivity contribution is 0.171. The Morgan fingerprint density at radius 2 is 1.97 bits per heavy atom. The molecule has 0 spiro atoms. The molecule has 1 aromatic carbocycles. The number of carbonyl (C=O) groups excluding carboxylic acids is 1. The fourth-order valence-corrected chi connectivity index (χ4v) is 6.48. The number of amides is 1. The Balaban J connectivity index is 1.61. The van der Waals surface area contributed by atoms with E-state index in [0.29, 0.717) is 55.0 Å². The molecule has 0 aliphatic carbocycles. The molecule has 0 saturated carbocycles. The third-order valence-electron chi connectivity index (χ3n) is 6.08. The maximum Gasteiger partial charge on any atom is 0.406 e. The molecule has 3 heterocycles. The zero-order chi connectivity index (χ0) is 28.2. The second-order valence-corrected chi connectivity index (χ2v) is 12.8. The maximum absolute atomic E-state index is 15.9. The van der Waals surface area contributed by atoms with Gasteiger partial charge in [0, 0.05) is 37.2 Å². The van der Waals surface area contributed by atoms with Crippen LogP contribution in [0.1, 0.15) is 43.5 Å². The van der Waals surface area contributed by atoms with E-state index in [1.54, 1.807) is 12.1 Å². The van der Waals surface area contributed by atoms with Crippen LogP contribution in [0.4, 0.5) is 14.9 Å². The molecular weight excluding hydrogens is 545 g/mol.